The predicted molar refractivity (Wildman–Crippen MR) is 81.7 cm³/mol. The van der Waals surface area contributed by atoms with E-state index in [1.165, 1.54) is 0 Å². The van der Waals surface area contributed by atoms with Crippen LogP contribution in [-0.2, 0) is 0 Å². The lowest BCUT2D eigenvalue weighted by Crippen LogP contribution is -2.04. The second-order valence-corrected chi connectivity index (χ2v) is 4.42. The summed E-state index contributed by atoms with van der Waals surface area (Å²) in [6.45, 7) is 0. The van der Waals surface area contributed by atoms with Crippen LogP contribution in [-0.4, -0.2) is 9.97 Å². The largest absolute Gasteiger partial charge is 0.395 e. The van der Waals surface area contributed by atoms with Crippen LogP contribution in [0.2, 0.25) is 0 Å². The van der Waals surface area contributed by atoms with Crippen molar-refractivity contribution in [1.29, 1.82) is 0 Å². The van der Waals surface area contributed by atoms with Crippen LogP contribution in [0.4, 0.5) is 11.6 Å². The highest BCUT2D eigenvalue weighted by Gasteiger charge is 2.13. The van der Waals surface area contributed by atoms with Gasteiger partial charge in [-0.05, 0) is 0 Å². The number of anilines is 2. The summed E-state index contributed by atoms with van der Waals surface area (Å²) in [7, 11) is 0. The highest BCUT2D eigenvalue weighted by Crippen LogP contribution is 2.32. The molecule has 0 fully saturated rings. The average Bonchev–Trinajstić information content (AvgIpc) is 2.51. The fourth-order valence-electron chi connectivity index (χ4n) is 2.12. The maximum Gasteiger partial charge on any atom is 0.221 e. The second kappa shape index (κ2) is 5.01. The Bertz CT molecular complexity index is 663. The summed E-state index contributed by atoms with van der Waals surface area (Å²) in [5.74, 6) is 0.219. The number of benzene rings is 2. The Labute approximate surface area is 117 Å². The molecule has 1 heterocycles. The molecule has 2 aromatic carbocycles. The third-order valence-corrected chi connectivity index (χ3v) is 3.06. The molecule has 3 rings (SSSR count). The molecule has 0 atom stereocenters. The van der Waals surface area contributed by atoms with Gasteiger partial charge in [0.1, 0.15) is 0 Å². The molecule has 3 aromatic rings. The Hall–Kier alpha value is -2.88. The summed E-state index contributed by atoms with van der Waals surface area (Å²) in [5, 5.41) is 0. The van der Waals surface area contributed by atoms with Gasteiger partial charge in [0.15, 0.2) is 0 Å². The molecule has 1 aromatic heterocycles. The molecule has 4 nitrogen and oxygen atoms in total. The molecule has 0 aliphatic heterocycles. The summed E-state index contributed by atoms with van der Waals surface area (Å²) in [6.07, 6.45) is 0. The van der Waals surface area contributed by atoms with Crippen LogP contribution in [0.25, 0.3) is 22.5 Å². The fourth-order valence-corrected chi connectivity index (χ4v) is 2.12. The highest BCUT2D eigenvalue weighted by atomic mass is 15.0. The van der Waals surface area contributed by atoms with Gasteiger partial charge >= 0.3 is 0 Å². The molecule has 0 aliphatic rings. The molecule has 0 radical (unpaired) electrons. The van der Waals surface area contributed by atoms with E-state index in [-0.39, 0.29) is 5.95 Å². The van der Waals surface area contributed by atoms with E-state index in [1.54, 1.807) is 0 Å². The summed E-state index contributed by atoms with van der Waals surface area (Å²) < 4.78 is 0. The lowest BCUT2D eigenvalue weighted by atomic mass is 10.1. The minimum absolute atomic E-state index is 0.219. The van der Waals surface area contributed by atoms with Gasteiger partial charge in [-0.1, -0.05) is 60.7 Å². The van der Waals surface area contributed by atoms with Gasteiger partial charge in [-0.3, -0.25) is 0 Å². The van der Waals surface area contributed by atoms with Gasteiger partial charge in [0.2, 0.25) is 5.95 Å². The van der Waals surface area contributed by atoms with Gasteiger partial charge in [0.05, 0.1) is 17.1 Å². The van der Waals surface area contributed by atoms with Crippen molar-refractivity contribution in [3.8, 4) is 22.5 Å². The summed E-state index contributed by atoms with van der Waals surface area (Å²) in [6, 6.07) is 19.5. The minimum atomic E-state index is 0.219. The monoisotopic (exact) mass is 262 g/mol. The van der Waals surface area contributed by atoms with E-state index in [0.717, 1.165) is 11.1 Å². The second-order valence-electron chi connectivity index (χ2n) is 4.42. The molecule has 0 unspecified atom stereocenters. The molecule has 4 N–H and O–H groups in total. The molecule has 98 valence electrons. The van der Waals surface area contributed by atoms with Crippen molar-refractivity contribution in [3.63, 3.8) is 0 Å². The van der Waals surface area contributed by atoms with Crippen LogP contribution in [0.15, 0.2) is 60.7 Å². The number of hydrogen-bond donors (Lipinski definition) is 2. The molecule has 0 amide bonds. The molecule has 20 heavy (non-hydrogen) atoms. The highest BCUT2D eigenvalue weighted by molar-refractivity contribution is 5.85. The van der Waals surface area contributed by atoms with Gasteiger partial charge in [-0.2, -0.15) is 0 Å². The lowest BCUT2D eigenvalue weighted by Gasteiger charge is -2.11. The van der Waals surface area contributed by atoms with Crippen LogP contribution in [0.3, 0.4) is 0 Å². The summed E-state index contributed by atoms with van der Waals surface area (Å²) >= 11 is 0. The van der Waals surface area contributed by atoms with Crippen molar-refractivity contribution in [2.45, 2.75) is 0 Å². The first-order valence-corrected chi connectivity index (χ1v) is 6.29. The van der Waals surface area contributed by atoms with Gasteiger partial charge < -0.3 is 11.5 Å². The number of hydrogen-bond acceptors (Lipinski definition) is 4. The third-order valence-electron chi connectivity index (χ3n) is 3.06. The first-order chi connectivity index (χ1) is 9.75. The van der Waals surface area contributed by atoms with Gasteiger partial charge in [0, 0.05) is 11.1 Å². The number of aromatic nitrogens is 2. The molecular weight excluding hydrogens is 248 g/mol. The van der Waals surface area contributed by atoms with Crippen LogP contribution in [0, 0.1) is 0 Å². The molecule has 0 bridgehead atoms. The van der Waals surface area contributed by atoms with E-state index in [9.17, 15) is 0 Å². The van der Waals surface area contributed by atoms with E-state index in [2.05, 4.69) is 9.97 Å². The molecule has 0 saturated carbocycles. The van der Waals surface area contributed by atoms with Crippen LogP contribution in [0.1, 0.15) is 0 Å². The van der Waals surface area contributed by atoms with E-state index in [0.29, 0.717) is 17.1 Å². The van der Waals surface area contributed by atoms with E-state index < -0.39 is 0 Å². The minimum Gasteiger partial charge on any atom is -0.395 e. The predicted octanol–water partition coefficient (Wildman–Crippen LogP) is 2.98. The SMILES string of the molecule is Nc1nc(-c2ccccc2)c(N)c(-c2ccccc2)n1. The van der Waals surface area contributed by atoms with Crippen molar-refractivity contribution in [2.75, 3.05) is 11.5 Å². The first kappa shape index (κ1) is 12.2. The van der Waals surface area contributed by atoms with Crippen LogP contribution in [0.5, 0.6) is 0 Å². The molecular formula is C16H14N4. The molecule has 0 saturated heterocycles. The van der Waals surface area contributed by atoms with Crippen molar-refractivity contribution in [1.82, 2.24) is 9.97 Å². The van der Waals surface area contributed by atoms with Gasteiger partial charge in [-0.25, -0.2) is 9.97 Å². The summed E-state index contributed by atoms with van der Waals surface area (Å²) in [4.78, 5) is 8.54. The number of nitrogen functional groups attached to an aromatic ring is 2. The first-order valence-electron chi connectivity index (χ1n) is 6.29. The maximum absolute atomic E-state index is 6.24. The van der Waals surface area contributed by atoms with Gasteiger partial charge in [-0.15, -0.1) is 0 Å². The Balaban J connectivity index is 2.22. The Morgan fingerprint density at radius 3 is 1.40 bits per heavy atom. The Morgan fingerprint density at radius 2 is 1.00 bits per heavy atom. The number of rotatable bonds is 2. The zero-order valence-electron chi connectivity index (χ0n) is 10.8. The number of nitrogens with zero attached hydrogens (tertiary/aromatic N) is 2. The smallest absolute Gasteiger partial charge is 0.221 e. The topological polar surface area (TPSA) is 77.8 Å². The quantitative estimate of drug-likeness (QED) is 0.744. The maximum atomic E-state index is 6.24. The average molecular weight is 262 g/mol. The van der Waals surface area contributed by atoms with E-state index in [4.69, 9.17) is 11.5 Å². The van der Waals surface area contributed by atoms with Crippen molar-refractivity contribution >= 4 is 11.6 Å². The zero-order valence-corrected chi connectivity index (χ0v) is 10.8. The van der Waals surface area contributed by atoms with Crippen molar-refractivity contribution in [2.24, 2.45) is 0 Å². The normalized spacial score (nSPS) is 10.4. The Morgan fingerprint density at radius 1 is 0.600 bits per heavy atom. The van der Waals surface area contributed by atoms with E-state index in [1.807, 2.05) is 60.7 Å². The van der Waals surface area contributed by atoms with Crippen molar-refractivity contribution < 1.29 is 0 Å². The Kier molecular flexibility index (Phi) is 3.05. The van der Waals surface area contributed by atoms with E-state index >= 15 is 0 Å². The zero-order chi connectivity index (χ0) is 13.9. The number of nitrogens with two attached hydrogens (primary N) is 2. The fraction of sp³-hybridized carbons (Fsp3) is 0. The molecule has 0 aliphatic carbocycles. The van der Waals surface area contributed by atoms with Crippen LogP contribution < -0.4 is 11.5 Å². The standard InChI is InChI=1S/C16H14N4/c17-13-14(11-7-3-1-4-8-11)19-16(18)20-15(13)12-9-5-2-6-10-12/h1-10H,17H2,(H2,18,19,20). The summed E-state index contributed by atoms with van der Waals surface area (Å²) in [5.41, 5.74) is 15.8. The van der Waals surface area contributed by atoms with Gasteiger partial charge in [0.25, 0.3) is 0 Å². The molecule has 4 heteroatoms. The molecule has 0 spiro atoms. The lowest BCUT2D eigenvalue weighted by molar-refractivity contribution is 1.20. The third kappa shape index (κ3) is 2.19. The van der Waals surface area contributed by atoms with Crippen molar-refractivity contribution in [3.05, 3.63) is 60.7 Å². The van der Waals surface area contributed by atoms with Crippen LogP contribution >= 0.6 is 0 Å².